The third-order valence-corrected chi connectivity index (χ3v) is 4.99. The molecule has 3 heteroatoms. The quantitative estimate of drug-likeness (QED) is 0.795. The zero-order valence-corrected chi connectivity index (χ0v) is 14.0. The average Bonchev–Trinajstić information content (AvgIpc) is 2.48. The van der Waals surface area contributed by atoms with Crippen LogP contribution in [0.15, 0.2) is 30.3 Å². The van der Waals surface area contributed by atoms with E-state index in [1.165, 1.54) is 19.3 Å². The fraction of sp³-hybridized carbons (Fsp3) is 0.611. The molecule has 2 nitrogen and oxygen atoms in total. The Labute approximate surface area is 134 Å². The largest absolute Gasteiger partial charge is 0.352 e. The van der Waals surface area contributed by atoms with Gasteiger partial charge in [0.15, 0.2) is 0 Å². The molecule has 0 aliphatic heterocycles. The first kappa shape index (κ1) is 16.4. The van der Waals surface area contributed by atoms with E-state index in [9.17, 15) is 4.79 Å². The van der Waals surface area contributed by atoms with Gasteiger partial charge in [0, 0.05) is 6.04 Å². The molecule has 21 heavy (non-hydrogen) atoms. The molecule has 0 spiro atoms. The minimum atomic E-state index is -0.262. The zero-order valence-electron chi connectivity index (χ0n) is 13.1. The van der Waals surface area contributed by atoms with Crippen molar-refractivity contribution in [1.82, 2.24) is 5.32 Å². The first-order valence-corrected chi connectivity index (χ1v) is 8.62. The molecule has 2 rings (SSSR count). The first-order valence-electron chi connectivity index (χ1n) is 8.10. The van der Waals surface area contributed by atoms with Gasteiger partial charge >= 0.3 is 0 Å². The highest BCUT2D eigenvalue weighted by molar-refractivity contribution is 7.81. The van der Waals surface area contributed by atoms with Gasteiger partial charge in [-0.15, -0.1) is 0 Å². The average molecular weight is 305 g/mol. The highest BCUT2D eigenvalue weighted by Crippen LogP contribution is 2.30. The second-order valence-electron chi connectivity index (χ2n) is 6.51. The van der Waals surface area contributed by atoms with Crippen LogP contribution >= 0.6 is 12.6 Å². The molecule has 0 saturated heterocycles. The monoisotopic (exact) mass is 305 g/mol. The summed E-state index contributed by atoms with van der Waals surface area (Å²) >= 11 is 4.51. The molecule has 1 aromatic carbocycles. The molecule has 1 N–H and O–H groups in total. The SMILES string of the molecule is CC(C)C1CCCCC1NC(=O)C(S)Cc1ccccc1. The van der Waals surface area contributed by atoms with Crippen LogP contribution in [-0.2, 0) is 11.2 Å². The maximum atomic E-state index is 12.4. The molecular formula is C18H27NOS. The van der Waals surface area contributed by atoms with Crippen molar-refractivity contribution in [3.8, 4) is 0 Å². The van der Waals surface area contributed by atoms with Crippen molar-refractivity contribution in [1.29, 1.82) is 0 Å². The standard InChI is InChI=1S/C18H27NOS/c1-13(2)15-10-6-7-11-16(15)19-18(20)17(21)12-14-8-4-3-5-9-14/h3-5,8-9,13,15-17,21H,6-7,10-12H2,1-2H3,(H,19,20). The Bertz CT molecular complexity index is 446. The number of nitrogens with one attached hydrogen (secondary N) is 1. The third-order valence-electron chi connectivity index (χ3n) is 4.58. The Hall–Kier alpha value is -0.960. The van der Waals surface area contributed by atoms with E-state index in [0.29, 0.717) is 24.3 Å². The van der Waals surface area contributed by atoms with Crippen molar-refractivity contribution in [3.05, 3.63) is 35.9 Å². The molecule has 1 aliphatic rings. The van der Waals surface area contributed by atoms with E-state index in [0.717, 1.165) is 12.0 Å². The lowest BCUT2D eigenvalue weighted by molar-refractivity contribution is -0.122. The fourth-order valence-corrected chi connectivity index (χ4v) is 3.63. The van der Waals surface area contributed by atoms with Gasteiger partial charge in [-0.1, -0.05) is 57.0 Å². The minimum Gasteiger partial charge on any atom is -0.352 e. The maximum absolute atomic E-state index is 12.4. The summed E-state index contributed by atoms with van der Waals surface area (Å²) in [5.74, 6) is 1.32. The molecule has 1 saturated carbocycles. The molecule has 0 radical (unpaired) electrons. The van der Waals surface area contributed by atoms with Gasteiger partial charge in [0.25, 0.3) is 0 Å². The summed E-state index contributed by atoms with van der Waals surface area (Å²) in [5, 5.41) is 2.99. The van der Waals surface area contributed by atoms with Gasteiger partial charge in [-0.2, -0.15) is 12.6 Å². The Morgan fingerprint density at radius 1 is 1.24 bits per heavy atom. The van der Waals surface area contributed by atoms with E-state index in [1.54, 1.807) is 0 Å². The summed E-state index contributed by atoms with van der Waals surface area (Å²) < 4.78 is 0. The predicted octanol–water partition coefficient (Wildman–Crippen LogP) is 3.86. The summed E-state index contributed by atoms with van der Waals surface area (Å²) in [6, 6.07) is 10.4. The van der Waals surface area contributed by atoms with Gasteiger partial charge in [-0.3, -0.25) is 4.79 Å². The Balaban J connectivity index is 1.90. The molecule has 3 unspecified atom stereocenters. The van der Waals surface area contributed by atoms with Crippen molar-refractivity contribution in [3.63, 3.8) is 0 Å². The fourth-order valence-electron chi connectivity index (χ4n) is 3.35. The molecule has 0 aromatic heterocycles. The van der Waals surface area contributed by atoms with Gasteiger partial charge in [-0.05, 0) is 36.7 Å². The van der Waals surface area contributed by atoms with E-state index >= 15 is 0 Å². The Morgan fingerprint density at radius 3 is 2.57 bits per heavy atom. The summed E-state index contributed by atoms with van der Waals surface area (Å²) in [6.07, 6.45) is 5.56. The van der Waals surface area contributed by atoms with E-state index in [2.05, 4.69) is 31.8 Å². The van der Waals surface area contributed by atoms with E-state index in [1.807, 2.05) is 30.3 Å². The summed E-state index contributed by atoms with van der Waals surface area (Å²) in [4.78, 5) is 12.4. The number of hydrogen-bond donors (Lipinski definition) is 2. The molecule has 3 atom stereocenters. The van der Waals surface area contributed by atoms with Crippen molar-refractivity contribution in [2.45, 2.75) is 57.2 Å². The number of benzene rings is 1. The maximum Gasteiger partial charge on any atom is 0.233 e. The van der Waals surface area contributed by atoms with Crippen LogP contribution in [0.25, 0.3) is 0 Å². The van der Waals surface area contributed by atoms with Crippen LogP contribution in [0.2, 0.25) is 0 Å². The molecule has 1 aromatic rings. The van der Waals surface area contributed by atoms with Gasteiger partial charge in [-0.25, -0.2) is 0 Å². The second kappa shape index (κ2) is 7.88. The van der Waals surface area contributed by atoms with Crippen LogP contribution in [0.4, 0.5) is 0 Å². The third kappa shape index (κ3) is 4.77. The van der Waals surface area contributed by atoms with Gasteiger partial charge in [0.05, 0.1) is 5.25 Å². The van der Waals surface area contributed by atoms with Crippen molar-refractivity contribution >= 4 is 18.5 Å². The van der Waals surface area contributed by atoms with Gasteiger partial charge < -0.3 is 5.32 Å². The van der Waals surface area contributed by atoms with Gasteiger partial charge in [0.2, 0.25) is 5.91 Å². The number of amides is 1. The highest BCUT2D eigenvalue weighted by atomic mass is 32.1. The van der Waals surface area contributed by atoms with E-state index in [4.69, 9.17) is 0 Å². The number of rotatable bonds is 5. The topological polar surface area (TPSA) is 29.1 Å². The Kier molecular flexibility index (Phi) is 6.16. The van der Waals surface area contributed by atoms with Crippen LogP contribution in [-0.4, -0.2) is 17.2 Å². The highest BCUT2D eigenvalue weighted by Gasteiger charge is 2.29. The summed E-state index contributed by atoms with van der Waals surface area (Å²) in [6.45, 7) is 4.52. The summed E-state index contributed by atoms with van der Waals surface area (Å²) in [5.41, 5.74) is 1.16. The molecule has 1 amide bonds. The molecule has 0 heterocycles. The van der Waals surface area contributed by atoms with Gasteiger partial charge in [0.1, 0.15) is 0 Å². The number of carbonyl (C=O) groups excluding carboxylic acids is 1. The smallest absolute Gasteiger partial charge is 0.233 e. The normalized spacial score (nSPS) is 23.8. The molecule has 0 bridgehead atoms. The van der Waals surface area contributed by atoms with Crippen molar-refractivity contribution in [2.24, 2.45) is 11.8 Å². The van der Waals surface area contributed by atoms with Crippen molar-refractivity contribution in [2.75, 3.05) is 0 Å². The molecule has 116 valence electrons. The van der Waals surface area contributed by atoms with Crippen LogP contribution in [0.5, 0.6) is 0 Å². The number of thiol groups is 1. The second-order valence-corrected chi connectivity index (χ2v) is 7.14. The lowest BCUT2D eigenvalue weighted by Crippen LogP contribution is -2.46. The predicted molar refractivity (Wildman–Crippen MR) is 91.6 cm³/mol. The van der Waals surface area contributed by atoms with Crippen LogP contribution in [0.3, 0.4) is 0 Å². The van der Waals surface area contributed by atoms with Crippen LogP contribution in [0.1, 0.15) is 45.1 Å². The van der Waals surface area contributed by atoms with Crippen molar-refractivity contribution < 1.29 is 4.79 Å². The van der Waals surface area contributed by atoms with Crippen LogP contribution < -0.4 is 5.32 Å². The van der Waals surface area contributed by atoms with Crippen LogP contribution in [0, 0.1) is 11.8 Å². The number of hydrogen-bond acceptors (Lipinski definition) is 2. The molecule has 1 fully saturated rings. The lowest BCUT2D eigenvalue weighted by Gasteiger charge is -2.35. The van der Waals surface area contributed by atoms with E-state index in [-0.39, 0.29) is 11.2 Å². The first-order chi connectivity index (χ1) is 10.1. The minimum absolute atomic E-state index is 0.0831. The lowest BCUT2D eigenvalue weighted by atomic mass is 9.78. The zero-order chi connectivity index (χ0) is 15.2. The number of carbonyl (C=O) groups is 1. The molecular weight excluding hydrogens is 278 g/mol. The summed E-state index contributed by atoms with van der Waals surface area (Å²) in [7, 11) is 0. The molecule has 1 aliphatic carbocycles. The van der Waals surface area contributed by atoms with E-state index < -0.39 is 0 Å². The Morgan fingerprint density at radius 2 is 1.90 bits per heavy atom.